The van der Waals surface area contributed by atoms with Crippen molar-refractivity contribution in [3.8, 4) is 0 Å². The van der Waals surface area contributed by atoms with Crippen molar-refractivity contribution in [1.82, 2.24) is 5.32 Å². The number of unbranched alkanes of at least 4 members (excludes halogenated alkanes) is 1. The Morgan fingerprint density at radius 2 is 2.38 bits per heavy atom. The van der Waals surface area contributed by atoms with Crippen LogP contribution in [-0.2, 0) is 9.53 Å². The molecule has 1 unspecified atom stereocenters. The van der Waals surface area contributed by atoms with Crippen LogP contribution in [0.5, 0.6) is 0 Å². The fraction of sp³-hybridized carbons (Fsp3) is 0.615. The average molecular weight is 223 g/mol. The third kappa shape index (κ3) is 5.71. The Balaban J connectivity index is 2.09. The van der Waals surface area contributed by atoms with Gasteiger partial charge in [0.05, 0.1) is 6.10 Å². The number of carbonyl (C=O) groups is 1. The maximum Gasteiger partial charge on any atom is 0.244 e. The zero-order chi connectivity index (χ0) is 11.6. The van der Waals surface area contributed by atoms with Crippen molar-refractivity contribution in [2.75, 3.05) is 13.2 Å². The molecule has 0 aromatic rings. The summed E-state index contributed by atoms with van der Waals surface area (Å²) in [6.07, 6.45) is 11.9. The summed E-state index contributed by atoms with van der Waals surface area (Å²) in [6.45, 7) is 3.58. The summed E-state index contributed by atoms with van der Waals surface area (Å²) < 4.78 is 5.41. The lowest BCUT2D eigenvalue weighted by Gasteiger charge is -2.08. The molecule has 1 fully saturated rings. The second-order valence-electron chi connectivity index (χ2n) is 3.96. The molecular formula is C13H21NO2. The van der Waals surface area contributed by atoms with Gasteiger partial charge in [0.1, 0.15) is 0 Å². The van der Waals surface area contributed by atoms with Crippen LogP contribution in [0.3, 0.4) is 0 Å². The molecule has 1 saturated heterocycles. The van der Waals surface area contributed by atoms with Gasteiger partial charge in [-0.15, -0.1) is 0 Å². The first-order chi connectivity index (χ1) is 7.83. The fourth-order valence-electron chi connectivity index (χ4n) is 1.56. The van der Waals surface area contributed by atoms with Gasteiger partial charge in [0.2, 0.25) is 5.91 Å². The highest BCUT2D eigenvalue weighted by Gasteiger charge is 2.15. The smallest absolute Gasteiger partial charge is 0.244 e. The molecule has 1 aliphatic rings. The van der Waals surface area contributed by atoms with Gasteiger partial charge in [0.25, 0.3) is 0 Å². The van der Waals surface area contributed by atoms with Gasteiger partial charge in [0, 0.05) is 19.2 Å². The Hall–Kier alpha value is -1.09. The summed E-state index contributed by atoms with van der Waals surface area (Å²) in [5, 5.41) is 2.83. The van der Waals surface area contributed by atoms with E-state index in [2.05, 4.69) is 18.3 Å². The summed E-state index contributed by atoms with van der Waals surface area (Å²) in [7, 11) is 0. The summed E-state index contributed by atoms with van der Waals surface area (Å²) in [5.41, 5.74) is 0. The van der Waals surface area contributed by atoms with E-state index in [4.69, 9.17) is 4.74 Å². The average Bonchev–Trinajstić information content (AvgIpc) is 2.79. The lowest BCUT2D eigenvalue weighted by atomic mass is 10.2. The van der Waals surface area contributed by atoms with Gasteiger partial charge in [-0.3, -0.25) is 4.79 Å². The maximum absolute atomic E-state index is 11.3. The van der Waals surface area contributed by atoms with Crippen LogP contribution in [-0.4, -0.2) is 25.2 Å². The standard InChI is InChI=1S/C13H21NO2/c1-2-3-4-5-6-9-13(15)14-11-12-8-7-10-16-12/h4-6,9,12H,2-3,7-8,10-11H2,1H3,(H,14,15)/b5-4+,9-6+. The molecular weight excluding hydrogens is 202 g/mol. The van der Waals surface area contributed by atoms with Gasteiger partial charge in [-0.2, -0.15) is 0 Å². The highest BCUT2D eigenvalue weighted by molar-refractivity contribution is 5.87. The van der Waals surface area contributed by atoms with Crippen LogP contribution in [0.25, 0.3) is 0 Å². The number of hydrogen-bond acceptors (Lipinski definition) is 2. The van der Waals surface area contributed by atoms with E-state index in [-0.39, 0.29) is 12.0 Å². The van der Waals surface area contributed by atoms with Crippen LogP contribution in [0.4, 0.5) is 0 Å². The Labute approximate surface area is 97.6 Å². The summed E-state index contributed by atoms with van der Waals surface area (Å²) >= 11 is 0. The van der Waals surface area contributed by atoms with E-state index in [1.54, 1.807) is 12.2 Å². The first kappa shape index (κ1) is 13.0. The van der Waals surface area contributed by atoms with Crippen LogP contribution in [0.2, 0.25) is 0 Å². The number of hydrogen-bond donors (Lipinski definition) is 1. The molecule has 0 aromatic carbocycles. The van der Waals surface area contributed by atoms with Gasteiger partial charge < -0.3 is 10.1 Å². The molecule has 0 aromatic heterocycles. The largest absolute Gasteiger partial charge is 0.376 e. The minimum atomic E-state index is -0.0448. The second kappa shape index (κ2) is 8.11. The first-order valence-corrected chi connectivity index (χ1v) is 6.05. The molecule has 0 aliphatic carbocycles. The highest BCUT2D eigenvalue weighted by Crippen LogP contribution is 2.10. The van der Waals surface area contributed by atoms with Gasteiger partial charge in [-0.25, -0.2) is 0 Å². The molecule has 1 atom stereocenters. The van der Waals surface area contributed by atoms with E-state index >= 15 is 0 Å². The van der Waals surface area contributed by atoms with Crippen molar-refractivity contribution >= 4 is 5.91 Å². The van der Waals surface area contributed by atoms with Crippen LogP contribution >= 0.6 is 0 Å². The molecule has 1 rings (SSSR count). The summed E-state index contributed by atoms with van der Waals surface area (Å²) in [4.78, 5) is 11.3. The monoisotopic (exact) mass is 223 g/mol. The fourth-order valence-corrected chi connectivity index (χ4v) is 1.56. The van der Waals surface area contributed by atoms with Crippen molar-refractivity contribution in [3.63, 3.8) is 0 Å². The van der Waals surface area contributed by atoms with Crippen molar-refractivity contribution < 1.29 is 9.53 Å². The molecule has 0 spiro atoms. The lowest BCUT2D eigenvalue weighted by Crippen LogP contribution is -2.30. The number of allylic oxidation sites excluding steroid dienone is 3. The number of carbonyl (C=O) groups excluding carboxylic acids is 1. The van der Waals surface area contributed by atoms with Crippen LogP contribution < -0.4 is 5.32 Å². The molecule has 1 heterocycles. The third-order valence-corrected chi connectivity index (χ3v) is 2.48. The van der Waals surface area contributed by atoms with E-state index in [1.807, 2.05) is 6.08 Å². The third-order valence-electron chi connectivity index (χ3n) is 2.48. The zero-order valence-corrected chi connectivity index (χ0v) is 9.95. The Morgan fingerprint density at radius 3 is 3.06 bits per heavy atom. The molecule has 0 bridgehead atoms. The molecule has 1 aliphatic heterocycles. The van der Waals surface area contributed by atoms with Gasteiger partial charge >= 0.3 is 0 Å². The molecule has 0 radical (unpaired) electrons. The van der Waals surface area contributed by atoms with Gasteiger partial charge in [0.15, 0.2) is 0 Å². The predicted molar refractivity (Wildman–Crippen MR) is 65.2 cm³/mol. The number of amides is 1. The minimum absolute atomic E-state index is 0.0448. The van der Waals surface area contributed by atoms with Crippen LogP contribution in [0.1, 0.15) is 32.6 Å². The zero-order valence-electron chi connectivity index (χ0n) is 9.95. The van der Waals surface area contributed by atoms with E-state index in [0.717, 1.165) is 32.3 Å². The SMILES string of the molecule is CCC/C=C/C=C/C(=O)NCC1CCCO1. The van der Waals surface area contributed by atoms with E-state index in [9.17, 15) is 4.79 Å². The van der Waals surface area contributed by atoms with E-state index in [1.165, 1.54) is 0 Å². The Kier molecular flexibility index (Phi) is 6.58. The minimum Gasteiger partial charge on any atom is -0.376 e. The molecule has 3 nitrogen and oxygen atoms in total. The molecule has 16 heavy (non-hydrogen) atoms. The van der Waals surface area contributed by atoms with Crippen LogP contribution in [0.15, 0.2) is 24.3 Å². The molecule has 3 heteroatoms. The topological polar surface area (TPSA) is 38.3 Å². The summed E-state index contributed by atoms with van der Waals surface area (Å²) in [6, 6.07) is 0. The maximum atomic E-state index is 11.3. The van der Waals surface area contributed by atoms with Crippen molar-refractivity contribution in [1.29, 1.82) is 0 Å². The van der Waals surface area contributed by atoms with Crippen molar-refractivity contribution in [2.45, 2.75) is 38.7 Å². The number of nitrogens with one attached hydrogen (secondary N) is 1. The number of ether oxygens (including phenoxy) is 1. The van der Waals surface area contributed by atoms with Gasteiger partial charge in [-0.1, -0.05) is 31.6 Å². The van der Waals surface area contributed by atoms with Crippen LogP contribution in [0, 0.1) is 0 Å². The predicted octanol–water partition coefficient (Wildman–Crippen LogP) is 2.19. The Morgan fingerprint density at radius 1 is 1.50 bits per heavy atom. The molecule has 1 N–H and O–H groups in total. The number of rotatable bonds is 6. The molecule has 0 saturated carbocycles. The quantitative estimate of drug-likeness (QED) is 0.553. The highest BCUT2D eigenvalue weighted by atomic mass is 16.5. The first-order valence-electron chi connectivity index (χ1n) is 6.05. The van der Waals surface area contributed by atoms with Crippen molar-refractivity contribution in [2.24, 2.45) is 0 Å². The second-order valence-corrected chi connectivity index (χ2v) is 3.96. The van der Waals surface area contributed by atoms with Crippen molar-refractivity contribution in [3.05, 3.63) is 24.3 Å². The molecule has 1 amide bonds. The van der Waals surface area contributed by atoms with Gasteiger partial charge in [-0.05, 0) is 19.3 Å². The summed E-state index contributed by atoms with van der Waals surface area (Å²) in [5.74, 6) is -0.0448. The lowest BCUT2D eigenvalue weighted by molar-refractivity contribution is -0.117. The normalized spacial score (nSPS) is 20.9. The van der Waals surface area contributed by atoms with E-state index < -0.39 is 0 Å². The van der Waals surface area contributed by atoms with E-state index in [0.29, 0.717) is 6.54 Å². The molecule has 90 valence electrons. The Bertz CT molecular complexity index is 253.